The number of esters is 1. The van der Waals surface area contributed by atoms with Crippen LogP contribution in [0.3, 0.4) is 0 Å². The molecule has 7 heteroatoms. The highest BCUT2D eigenvalue weighted by molar-refractivity contribution is 7.99. The fourth-order valence-electron chi connectivity index (χ4n) is 3.35. The summed E-state index contributed by atoms with van der Waals surface area (Å²) in [5, 5.41) is 1.46. The van der Waals surface area contributed by atoms with Crippen molar-refractivity contribution in [2.75, 3.05) is 12.4 Å². The van der Waals surface area contributed by atoms with Gasteiger partial charge in [-0.05, 0) is 44.6 Å². The van der Waals surface area contributed by atoms with E-state index >= 15 is 0 Å². The van der Waals surface area contributed by atoms with Crippen molar-refractivity contribution in [3.63, 3.8) is 0 Å². The van der Waals surface area contributed by atoms with Crippen LogP contribution in [0.1, 0.15) is 56.4 Å². The minimum Gasteiger partial charge on any atom is -0.465 e. The minimum absolute atomic E-state index is 0.0641. The van der Waals surface area contributed by atoms with E-state index in [4.69, 9.17) is 9.72 Å². The van der Waals surface area contributed by atoms with Crippen molar-refractivity contribution in [3.05, 3.63) is 20.8 Å². The van der Waals surface area contributed by atoms with Crippen molar-refractivity contribution in [1.29, 1.82) is 0 Å². The molecule has 0 bridgehead atoms. The van der Waals surface area contributed by atoms with E-state index in [1.165, 1.54) is 35.0 Å². The minimum atomic E-state index is -0.268. The number of carbonyl (C=O) groups is 1. The molecule has 2 heterocycles. The first kappa shape index (κ1) is 19.4. The summed E-state index contributed by atoms with van der Waals surface area (Å²) in [6, 6.07) is 0. The Balaban J connectivity index is 2.02. The Morgan fingerprint density at radius 3 is 2.85 bits per heavy atom. The summed E-state index contributed by atoms with van der Waals surface area (Å²) in [7, 11) is 0. The van der Waals surface area contributed by atoms with Gasteiger partial charge in [-0.1, -0.05) is 31.5 Å². The third-order valence-corrected chi connectivity index (χ3v) is 6.79. The maximum Gasteiger partial charge on any atom is 0.316 e. The zero-order valence-electron chi connectivity index (χ0n) is 15.5. The topological polar surface area (TPSA) is 61.2 Å². The van der Waals surface area contributed by atoms with Crippen LogP contribution in [0.4, 0.5) is 0 Å². The molecule has 0 radical (unpaired) electrons. The van der Waals surface area contributed by atoms with Crippen molar-refractivity contribution in [1.82, 2.24) is 9.55 Å². The van der Waals surface area contributed by atoms with Crippen LogP contribution in [0.15, 0.2) is 9.95 Å². The van der Waals surface area contributed by atoms with Crippen LogP contribution < -0.4 is 5.56 Å². The Labute approximate surface area is 162 Å². The van der Waals surface area contributed by atoms with Gasteiger partial charge in [-0.25, -0.2) is 4.98 Å². The van der Waals surface area contributed by atoms with Crippen molar-refractivity contribution in [2.24, 2.45) is 0 Å². The second-order valence-electron chi connectivity index (χ2n) is 6.54. The number of ether oxygens (including phenoxy) is 1. The summed E-state index contributed by atoms with van der Waals surface area (Å²) < 4.78 is 6.78. The molecular formula is C19H26N2O3S2. The van der Waals surface area contributed by atoms with Crippen LogP contribution in [0, 0.1) is 0 Å². The summed E-state index contributed by atoms with van der Waals surface area (Å²) in [6.45, 7) is 4.92. The summed E-state index contributed by atoms with van der Waals surface area (Å²) >= 11 is 2.97. The molecule has 3 rings (SSSR count). The molecule has 0 N–H and O–H groups in total. The summed E-state index contributed by atoms with van der Waals surface area (Å²) in [6.07, 6.45) is 7.53. The molecule has 2 aromatic heterocycles. The van der Waals surface area contributed by atoms with E-state index in [2.05, 4.69) is 6.92 Å². The second kappa shape index (κ2) is 9.04. The van der Waals surface area contributed by atoms with E-state index in [0.29, 0.717) is 18.3 Å². The fourth-order valence-corrected chi connectivity index (χ4v) is 5.47. The Hall–Kier alpha value is -1.34. The molecule has 1 aliphatic carbocycles. The van der Waals surface area contributed by atoms with Crippen LogP contribution in [-0.4, -0.2) is 27.9 Å². The largest absolute Gasteiger partial charge is 0.465 e. The lowest BCUT2D eigenvalue weighted by molar-refractivity contribution is -0.139. The number of thiophene rings is 1. The number of carbonyl (C=O) groups excluding carboxylic acids is 1. The smallest absolute Gasteiger partial charge is 0.316 e. The Morgan fingerprint density at radius 2 is 2.08 bits per heavy atom. The summed E-state index contributed by atoms with van der Waals surface area (Å²) in [5.41, 5.74) is 1.29. The lowest BCUT2D eigenvalue weighted by atomic mass is 10.1. The fraction of sp³-hybridized carbons (Fsp3) is 0.632. The Kier molecular flexibility index (Phi) is 6.75. The molecule has 1 aliphatic rings. The molecule has 2 aromatic rings. The lowest BCUT2D eigenvalue weighted by Gasteiger charge is -2.12. The van der Waals surface area contributed by atoms with E-state index in [0.717, 1.165) is 42.3 Å². The zero-order chi connectivity index (χ0) is 18.5. The van der Waals surface area contributed by atoms with Gasteiger partial charge in [0.05, 0.1) is 17.7 Å². The maximum atomic E-state index is 13.3. The normalized spacial score (nSPS) is 14.2. The van der Waals surface area contributed by atoms with E-state index in [1.54, 1.807) is 22.8 Å². The molecule has 0 amide bonds. The SMILES string of the molecule is CCCCn1c(SCC(=O)OCC)nc2sc3c(c2c1=O)CCCCC3. The molecule has 26 heavy (non-hydrogen) atoms. The summed E-state index contributed by atoms with van der Waals surface area (Å²) in [5.74, 6) is -0.0842. The van der Waals surface area contributed by atoms with E-state index in [9.17, 15) is 9.59 Å². The van der Waals surface area contributed by atoms with E-state index in [-0.39, 0.29) is 17.3 Å². The van der Waals surface area contributed by atoms with Crippen molar-refractivity contribution >= 4 is 39.3 Å². The molecular weight excluding hydrogens is 368 g/mol. The van der Waals surface area contributed by atoms with Gasteiger partial charge in [0.25, 0.3) is 5.56 Å². The van der Waals surface area contributed by atoms with Crippen LogP contribution in [-0.2, 0) is 28.9 Å². The number of thioether (sulfide) groups is 1. The number of aromatic nitrogens is 2. The standard InChI is InChI=1S/C19H26N2O3S2/c1-3-5-11-21-18(23)16-13-9-7-6-8-10-14(13)26-17(16)20-19(21)25-12-15(22)24-4-2/h3-12H2,1-2H3. The highest BCUT2D eigenvalue weighted by Crippen LogP contribution is 2.34. The van der Waals surface area contributed by atoms with Gasteiger partial charge in [0.15, 0.2) is 5.16 Å². The highest BCUT2D eigenvalue weighted by atomic mass is 32.2. The van der Waals surface area contributed by atoms with Gasteiger partial charge in [0.2, 0.25) is 0 Å². The number of aryl methyl sites for hydroxylation is 2. The molecule has 0 saturated carbocycles. The number of hydrogen-bond donors (Lipinski definition) is 0. The first-order valence-electron chi connectivity index (χ1n) is 9.49. The predicted octanol–water partition coefficient (Wildman–Crippen LogP) is 4.18. The first-order chi connectivity index (χ1) is 12.7. The van der Waals surface area contributed by atoms with Gasteiger partial charge in [0, 0.05) is 11.4 Å². The van der Waals surface area contributed by atoms with Crippen molar-refractivity contribution < 1.29 is 9.53 Å². The quantitative estimate of drug-likeness (QED) is 0.305. The van der Waals surface area contributed by atoms with Crippen molar-refractivity contribution in [2.45, 2.75) is 70.5 Å². The number of fused-ring (bicyclic) bond motifs is 3. The van der Waals surface area contributed by atoms with Gasteiger partial charge in [-0.15, -0.1) is 11.3 Å². The van der Waals surface area contributed by atoms with Crippen LogP contribution in [0.25, 0.3) is 10.2 Å². The maximum absolute atomic E-state index is 13.3. The molecule has 0 fully saturated rings. The van der Waals surface area contributed by atoms with Gasteiger partial charge in [-0.2, -0.15) is 0 Å². The third-order valence-electron chi connectivity index (χ3n) is 4.65. The van der Waals surface area contributed by atoms with Gasteiger partial charge < -0.3 is 4.74 Å². The lowest BCUT2D eigenvalue weighted by Crippen LogP contribution is -2.24. The molecule has 0 spiro atoms. The van der Waals surface area contributed by atoms with Gasteiger partial charge in [-0.3, -0.25) is 14.2 Å². The Bertz CT molecular complexity index is 841. The van der Waals surface area contributed by atoms with Crippen LogP contribution in [0.5, 0.6) is 0 Å². The summed E-state index contributed by atoms with van der Waals surface area (Å²) in [4.78, 5) is 32.0. The van der Waals surface area contributed by atoms with E-state index in [1.807, 2.05) is 0 Å². The molecule has 0 unspecified atom stereocenters. The van der Waals surface area contributed by atoms with Gasteiger partial charge >= 0.3 is 5.97 Å². The number of rotatable bonds is 7. The highest BCUT2D eigenvalue weighted by Gasteiger charge is 2.21. The zero-order valence-corrected chi connectivity index (χ0v) is 17.1. The monoisotopic (exact) mass is 394 g/mol. The van der Waals surface area contributed by atoms with Crippen LogP contribution in [0.2, 0.25) is 0 Å². The average molecular weight is 395 g/mol. The molecule has 142 valence electrons. The third kappa shape index (κ3) is 4.14. The molecule has 0 aromatic carbocycles. The van der Waals surface area contributed by atoms with E-state index < -0.39 is 0 Å². The number of hydrogen-bond acceptors (Lipinski definition) is 6. The first-order valence-corrected chi connectivity index (χ1v) is 11.3. The predicted molar refractivity (Wildman–Crippen MR) is 107 cm³/mol. The number of unbranched alkanes of at least 4 members (excludes halogenated alkanes) is 1. The van der Waals surface area contributed by atoms with Gasteiger partial charge in [0.1, 0.15) is 4.83 Å². The molecule has 5 nitrogen and oxygen atoms in total. The van der Waals surface area contributed by atoms with Crippen LogP contribution >= 0.6 is 23.1 Å². The molecule has 0 saturated heterocycles. The number of nitrogens with zero attached hydrogens (tertiary/aromatic N) is 2. The molecule has 0 aliphatic heterocycles. The Morgan fingerprint density at radius 1 is 1.27 bits per heavy atom. The second-order valence-corrected chi connectivity index (χ2v) is 8.57. The molecule has 0 atom stereocenters. The van der Waals surface area contributed by atoms with Crippen molar-refractivity contribution in [3.8, 4) is 0 Å². The average Bonchev–Trinajstić information content (AvgIpc) is 2.81.